The zero-order valence-electron chi connectivity index (χ0n) is 17.9. The number of nitrogens with zero attached hydrogens (tertiary/aromatic N) is 1. The van der Waals surface area contributed by atoms with E-state index in [0.29, 0.717) is 39.2 Å². The lowest BCUT2D eigenvalue weighted by Crippen LogP contribution is -2.38. The van der Waals surface area contributed by atoms with Crippen molar-refractivity contribution in [2.75, 3.05) is 5.32 Å². The zero-order chi connectivity index (χ0) is 23.3. The van der Waals surface area contributed by atoms with Crippen molar-refractivity contribution in [1.82, 2.24) is 4.98 Å². The lowest BCUT2D eigenvalue weighted by molar-refractivity contribution is -0.134. The van der Waals surface area contributed by atoms with Gasteiger partial charge in [-0.1, -0.05) is 54.1 Å². The van der Waals surface area contributed by atoms with Crippen LogP contribution in [0.5, 0.6) is 11.5 Å². The molecule has 1 aromatic heterocycles. The minimum absolute atomic E-state index is 0.443. The molecule has 0 unspecified atom stereocenters. The fourth-order valence-electron chi connectivity index (χ4n) is 3.33. The molecule has 0 fully saturated rings. The summed E-state index contributed by atoms with van der Waals surface area (Å²) in [6.45, 7) is 0. The largest absolute Gasteiger partial charge is 0.446 e. The fourth-order valence-corrected chi connectivity index (χ4v) is 3.52. The van der Waals surface area contributed by atoms with E-state index in [-0.39, 0.29) is 0 Å². The topological polar surface area (TPSA) is 73.6 Å². The molecule has 34 heavy (non-hydrogen) atoms. The summed E-state index contributed by atoms with van der Waals surface area (Å²) < 4.78 is 17.5. The molecule has 0 spiro atoms. The first-order valence-electron chi connectivity index (χ1n) is 10.5. The number of benzene rings is 4. The number of fused-ring (bicyclic) bond motifs is 1. The summed E-state index contributed by atoms with van der Waals surface area (Å²) in [4.78, 5) is 17.6. The van der Waals surface area contributed by atoms with Crippen molar-refractivity contribution in [1.29, 1.82) is 0 Å². The van der Waals surface area contributed by atoms with Gasteiger partial charge in [0.2, 0.25) is 5.89 Å². The van der Waals surface area contributed by atoms with Gasteiger partial charge in [-0.05, 0) is 60.7 Å². The Hall–Kier alpha value is -4.29. The molecule has 0 saturated carbocycles. The van der Waals surface area contributed by atoms with Crippen molar-refractivity contribution in [3.05, 3.63) is 108 Å². The number of nitrogens with one attached hydrogen (secondary N) is 1. The summed E-state index contributed by atoms with van der Waals surface area (Å²) in [6.07, 6.45) is -1.21. The number of halogens is 1. The van der Waals surface area contributed by atoms with Gasteiger partial charge >= 0.3 is 12.2 Å². The third kappa shape index (κ3) is 5.03. The molecule has 5 rings (SSSR count). The summed E-state index contributed by atoms with van der Waals surface area (Å²) in [5.74, 6) is 0.998. The van der Waals surface area contributed by atoms with Crippen molar-refractivity contribution in [3.63, 3.8) is 0 Å². The number of carbonyl (C=O) groups excluding carboxylic acids is 1. The molecule has 0 aliphatic heterocycles. The van der Waals surface area contributed by atoms with Gasteiger partial charge < -0.3 is 19.2 Å². The molecule has 4 aromatic carbocycles. The molecule has 1 heterocycles. The first kappa shape index (κ1) is 21.6. The minimum Gasteiger partial charge on any atom is -0.446 e. The SMILES string of the molecule is O=C(Nc1ccc2oc(-c3cccc(Cl)c3)nc2c1)C(Oc1ccccc1)Oc1ccccc1. The fraction of sp³-hybridized carbons (Fsp3) is 0.0370. The Morgan fingerprint density at radius 2 is 1.50 bits per heavy atom. The van der Waals surface area contributed by atoms with Crippen molar-refractivity contribution >= 4 is 34.3 Å². The summed E-state index contributed by atoms with van der Waals surface area (Å²) in [7, 11) is 0. The van der Waals surface area contributed by atoms with Gasteiger partial charge in [0.15, 0.2) is 5.58 Å². The lowest BCUT2D eigenvalue weighted by Gasteiger charge is -2.20. The number of aromatic nitrogens is 1. The highest BCUT2D eigenvalue weighted by atomic mass is 35.5. The zero-order valence-corrected chi connectivity index (χ0v) is 18.6. The maximum absolute atomic E-state index is 13.1. The molecule has 5 aromatic rings. The van der Waals surface area contributed by atoms with Crippen LogP contribution in [0.3, 0.4) is 0 Å². The van der Waals surface area contributed by atoms with E-state index in [2.05, 4.69) is 10.3 Å². The van der Waals surface area contributed by atoms with E-state index < -0.39 is 12.2 Å². The Bertz CT molecular complexity index is 1380. The molecule has 168 valence electrons. The van der Waals surface area contributed by atoms with Crippen molar-refractivity contribution in [2.24, 2.45) is 0 Å². The average molecular weight is 471 g/mol. The second kappa shape index (κ2) is 9.68. The molecular weight excluding hydrogens is 452 g/mol. The Labute approximate surface area is 200 Å². The maximum atomic E-state index is 13.1. The van der Waals surface area contributed by atoms with Gasteiger partial charge in [-0.15, -0.1) is 0 Å². The molecule has 1 amide bonds. The molecule has 1 N–H and O–H groups in total. The van der Waals surface area contributed by atoms with Crippen LogP contribution in [-0.4, -0.2) is 17.2 Å². The van der Waals surface area contributed by atoms with Gasteiger partial charge in [0, 0.05) is 16.3 Å². The van der Waals surface area contributed by atoms with Crippen LogP contribution in [0.15, 0.2) is 108 Å². The quantitative estimate of drug-likeness (QED) is 0.272. The summed E-state index contributed by atoms with van der Waals surface area (Å²) in [5.41, 5.74) is 2.48. The number of hydrogen-bond acceptors (Lipinski definition) is 5. The maximum Gasteiger partial charge on any atom is 0.321 e. The number of carbonyl (C=O) groups is 1. The number of ether oxygens (including phenoxy) is 2. The summed E-state index contributed by atoms with van der Waals surface area (Å²) in [6, 6.07) is 30.5. The number of oxazole rings is 1. The molecule has 0 aliphatic rings. The molecule has 0 aliphatic carbocycles. The number of anilines is 1. The highest BCUT2D eigenvalue weighted by Crippen LogP contribution is 2.28. The first-order chi connectivity index (χ1) is 16.6. The van der Waals surface area contributed by atoms with Gasteiger partial charge in [0.25, 0.3) is 0 Å². The molecule has 0 bridgehead atoms. The summed E-state index contributed by atoms with van der Waals surface area (Å²) >= 11 is 6.08. The normalized spacial score (nSPS) is 10.9. The van der Waals surface area contributed by atoms with Crippen LogP contribution in [0.25, 0.3) is 22.6 Å². The van der Waals surface area contributed by atoms with Crippen LogP contribution >= 0.6 is 11.6 Å². The van der Waals surface area contributed by atoms with Gasteiger partial charge in [-0.3, -0.25) is 4.79 Å². The number of amides is 1. The molecule has 6 nitrogen and oxygen atoms in total. The molecular formula is C27H19ClN2O4. The van der Waals surface area contributed by atoms with Crippen LogP contribution in [0, 0.1) is 0 Å². The summed E-state index contributed by atoms with van der Waals surface area (Å²) in [5, 5.41) is 3.43. The standard InChI is InChI=1S/C27H19ClN2O4/c28-19-9-7-8-18(16-19)26-30-23-17-20(14-15-24(23)34-26)29-25(31)27(32-21-10-3-1-4-11-21)33-22-12-5-2-6-13-22/h1-17,27H,(H,29,31). The molecule has 7 heteroatoms. The first-order valence-corrected chi connectivity index (χ1v) is 10.9. The molecule has 0 atom stereocenters. The van der Waals surface area contributed by atoms with E-state index in [9.17, 15) is 4.79 Å². The second-order valence-electron chi connectivity index (χ2n) is 7.39. The van der Waals surface area contributed by atoms with Crippen LogP contribution in [0.1, 0.15) is 0 Å². The third-order valence-corrected chi connectivity index (χ3v) is 5.15. The third-order valence-electron chi connectivity index (χ3n) is 4.91. The van der Waals surface area contributed by atoms with Gasteiger partial charge in [0.1, 0.15) is 17.0 Å². The van der Waals surface area contributed by atoms with E-state index in [1.807, 2.05) is 48.5 Å². The Kier molecular flexibility index (Phi) is 6.14. The smallest absolute Gasteiger partial charge is 0.321 e. The monoisotopic (exact) mass is 470 g/mol. The van der Waals surface area contributed by atoms with Crippen molar-refractivity contribution in [2.45, 2.75) is 6.29 Å². The van der Waals surface area contributed by atoms with Crippen molar-refractivity contribution in [3.8, 4) is 23.0 Å². The Morgan fingerprint density at radius 3 is 2.15 bits per heavy atom. The molecule has 0 radical (unpaired) electrons. The van der Waals surface area contributed by atoms with E-state index >= 15 is 0 Å². The second-order valence-corrected chi connectivity index (χ2v) is 7.83. The number of para-hydroxylation sites is 2. The van der Waals surface area contributed by atoms with Crippen molar-refractivity contribution < 1.29 is 18.7 Å². The van der Waals surface area contributed by atoms with Crippen LogP contribution < -0.4 is 14.8 Å². The van der Waals surface area contributed by atoms with E-state index in [0.717, 1.165) is 5.56 Å². The highest BCUT2D eigenvalue weighted by Gasteiger charge is 2.23. The van der Waals surface area contributed by atoms with Gasteiger partial charge in [0.05, 0.1) is 0 Å². The van der Waals surface area contributed by atoms with Crippen LogP contribution in [0.4, 0.5) is 5.69 Å². The highest BCUT2D eigenvalue weighted by molar-refractivity contribution is 6.30. The Balaban J connectivity index is 1.37. The number of rotatable bonds is 7. The minimum atomic E-state index is -1.21. The average Bonchev–Trinajstić information content (AvgIpc) is 3.28. The predicted octanol–water partition coefficient (Wildman–Crippen LogP) is 6.57. The van der Waals surface area contributed by atoms with Gasteiger partial charge in [-0.2, -0.15) is 0 Å². The van der Waals surface area contributed by atoms with E-state index in [4.69, 9.17) is 25.5 Å². The predicted molar refractivity (Wildman–Crippen MR) is 131 cm³/mol. The van der Waals surface area contributed by atoms with E-state index in [1.54, 1.807) is 54.6 Å². The lowest BCUT2D eigenvalue weighted by atomic mass is 10.2. The van der Waals surface area contributed by atoms with E-state index in [1.165, 1.54) is 0 Å². The molecule has 0 saturated heterocycles. The van der Waals surface area contributed by atoms with Gasteiger partial charge in [-0.25, -0.2) is 4.98 Å². The number of hydrogen-bond donors (Lipinski definition) is 1. The Morgan fingerprint density at radius 1 is 0.824 bits per heavy atom. The van der Waals surface area contributed by atoms with Crippen LogP contribution in [-0.2, 0) is 4.79 Å². The van der Waals surface area contributed by atoms with Crippen LogP contribution in [0.2, 0.25) is 5.02 Å².